The van der Waals surface area contributed by atoms with Gasteiger partial charge in [0.25, 0.3) is 0 Å². The van der Waals surface area contributed by atoms with Gasteiger partial charge in [-0.05, 0) is 153 Å². The SMILES string of the molecule is CC1(C)c2cc(-c3ccccc3)ccc2-c2ccc(N(c3ccc4c(c3)C(C)(C)c3cc(-c5ccc(-c6cc7ccccc7c7ccccc67)cc5)ccc3-4)c3cccc4ccccc34)cc21. The van der Waals surface area contributed by atoms with Gasteiger partial charge in [0.15, 0.2) is 0 Å². The Labute approximate surface area is 393 Å². The summed E-state index contributed by atoms with van der Waals surface area (Å²) in [5.41, 5.74) is 21.3. The minimum atomic E-state index is -0.219. The maximum atomic E-state index is 2.50. The highest BCUT2D eigenvalue weighted by molar-refractivity contribution is 6.14. The molecule has 2 aliphatic carbocycles. The van der Waals surface area contributed by atoms with E-state index in [0.717, 1.165) is 11.4 Å². The molecular weight excluding hydrogens is 807 g/mol. The lowest BCUT2D eigenvalue weighted by Gasteiger charge is -2.30. The summed E-state index contributed by atoms with van der Waals surface area (Å²) < 4.78 is 0. The molecule has 67 heavy (non-hydrogen) atoms. The molecule has 11 aromatic carbocycles. The fraction of sp³-hybridized carbons (Fsp3) is 0.0909. The van der Waals surface area contributed by atoms with Crippen molar-refractivity contribution in [1.29, 1.82) is 0 Å². The molecule has 11 aromatic rings. The molecule has 0 fully saturated rings. The number of hydrogen-bond donors (Lipinski definition) is 0. The van der Waals surface area contributed by atoms with Crippen LogP contribution in [0.25, 0.3) is 88.0 Å². The molecule has 0 amide bonds. The highest BCUT2D eigenvalue weighted by Crippen LogP contribution is 2.54. The molecule has 0 saturated carbocycles. The molecule has 0 radical (unpaired) electrons. The van der Waals surface area contributed by atoms with Crippen molar-refractivity contribution in [3.8, 4) is 55.6 Å². The van der Waals surface area contributed by atoms with E-state index in [4.69, 9.17) is 0 Å². The minimum Gasteiger partial charge on any atom is -0.310 e. The third-order valence-electron chi connectivity index (χ3n) is 15.2. The second-order valence-electron chi connectivity index (χ2n) is 19.7. The summed E-state index contributed by atoms with van der Waals surface area (Å²) >= 11 is 0. The fourth-order valence-corrected chi connectivity index (χ4v) is 11.7. The Morgan fingerprint density at radius 2 is 0.701 bits per heavy atom. The molecule has 0 unspecified atom stereocenters. The van der Waals surface area contributed by atoms with Gasteiger partial charge >= 0.3 is 0 Å². The average molecular weight is 856 g/mol. The van der Waals surface area contributed by atoms with E-state index in [9.17, 15) is 0 Å². The van der Waals surface area contributed by atoms with Crippen LogP contribution < -0.4 is 4.90 Å². The second-order valence-corrected chi connectivity index (χ2v) is 19.7. The van der Waals surface area contributed by atoms with Crippen LogP contribution in [0.5, 0.6) is 0 Å². The van der Waals surface area contributed by atoms with Crippen LogP contribution in [0.15, 0.2) is 224 Å². The number of anilines is 3. The van der Waals surface area contributed by atoms with Gasteiger partial charge in [0.2, 0.25) is 0 Å². The lowest BCUT2D eigenvalue weighted by molar-refractivity contribution is 0.660. The summed E-state index contributed by atoms with van der Waals surface area (Å²) in [6.45, 7) is 9.59. The fourth-order valence-electron chi connectivity index (χ4n) is 11.7. The number of hydrogen-bond acceptors (Lipinski definition) is 1. The predicted molar refractivity (Wildman–Crippen MR) is 285 cm³/mol. The molecule has 1 nitrogen and oxygen atoms in total. The van der Waals surface area contributed by atoms with Crippen LogP contribution in [-0.4, -0.2) is 0 Å². The molecule has 0 aliphatic heterocycles. The van der Waals surface area contributed by atoms with Gasteiger partial charge in [0.1, 0.15) is 0 Å². The first kappa shape index (κ1) is 39.4. The van der Waals surface area contributed by atoms with Crippen LogP contribution in [0, 0.1) is 0 Å². The molecule has 0 N–H and O–H groups in total. The van der Waals surface area contributed by atoms with Crippen LogP contribution in [0.4, 0.5) is 17.1 Å². The molecule has 0 saturated heterocycles. The molecule has 2 aliphatic rings. The smallest absolute Gasteiger partial charge is 0.0540 e. The van der Waals surface area contributed by atoms with Crippen molar-refractivity contribution in [3.63, 3.8) is 0 Å². The topological polar surface area (TPSA) is 3.24 Å². The monoisotopic (exact) mass is 855 g/mol. The number of rotatable bonds is 6. The van der Waals surface area contributed by atoms with E-state index in [1.165, 1.54) is 116 Å². The van der Waals surface area contributed by atoms with Gasteiger partial charge in [0.05, 0.1) is 5.69 Å². The first-order valence-electron chi connectivity index (χ1n) is 23.7. The summed E-state index contributed by atoms with van der Waals surface area (Å²) in [7, 11) is 0. The Hall–Kier alpha value is -8.00. The van der Waals surface area contributed by atoms with E-state index in [1.807, 2.05) is 0 Å². The third kappa shape index (κ3) is 6.08. The maximum absolute atomic E-state index is 2.50. The van der Waals surface area contributed by atoms with Gasteiger partial charge in [-0.15, -0.1) is 0 Å². The maximum Gasteiger partial charge on any atom is 0.0540 e. The molecule has 0 heterocycles. The van der Waals surface area contributed by atoms with Gasteiger partial charge in [-0.25, -0.2) is 0 Å². The van der Waals surface area contributed by atoms with Crippen LogP contribution in [0.3, 0.4) is 0 Å². The van der Waals surface area contributed by atoms with Gasteiger partial charge < -0.3 is 4.90 Å². The van der Waals surface area contributed by atoms with Crippen LogP contribution >= 0.6 is 0 Å². The van der Waals surface area contributed by atoms with E-state index in [1.54, 1.807) is 0 Å². The van der Waals surface area contributed by atoms with Crippen molar-refractivity contribution in [1.82, 2.24) is 0 Å². The summed E-state index contributed by atoms with van der Waals surface area (Å²) in [6.07, 6.45) is 0. The zero-order valence-corrected chi connectivity index (χ0v) is 38.3. The molecule has 1 heteroatoms. The first-order valence-corrected chi connectivity index (χ1v) is 23.7. The van der Waals surface area contributed by atoms with E-state index in [2.05, 4.69) is 257 Å². The zero-order valence-electron chi connectivity index (χ0n) is 38.3. The summed E-state index contributed by atoms with van der Waals surface area (Å²) in [4.78, 5) is 2.50. The van der Waals surface area contributed by atoms with Crippen LogP contribution in [-0.2, 0) is 10.8 Å². The zero-order chi connectivity index (χ0) is 45.0. The van der Waals surface area contributed by atoms with Crippen LogP contribution in [0.1, 0.15) is 49.9 Å². The largest absolute Gasteiger partial charge is 0.310 e. The lowest BCUT2D eigenvalue weighted by Crippen LogP contribution is -2.18. The Morgan fingerprint density at radius 1 is 0.269 bits per heavy atom. The van der Waals surface area contributed by atoms with Crippen molar-refractivity contribution in [2.75, 3.05) is 4.90 Å². The standard InChI is InChI=1S/C66H49N/c1-65(2)60-38-46(42-15-6-5-7-16-42)29-33-55(60)57-35-31-49(40-62(57)65)67(64-24-14-19-44-17-8-11-21-52(44)64)50-32-36-58-56-34-30-47(39-61(56)66(3,4)63(58)41-50)43-25-27-45(28-26-43)59-37-48-18-9-10-20-51(48)53-22-12-13-23-54(53)59/h5-41H,1-4H3. The van der Waals surface area contributed by atoms with E-state index < -0.39 is 0 Å². The molecule has 318 valence electrons. The number of benzene rings is 11. The average Bonchev–Trinajstić information content (AvgIpc) is 3.74. The van der Waals surface area contributed by atoms with E-state index in [0.29, 0.717) is 0 Å². The van der Waals surface area contributed by atoms with E-state index >= 15 is 0 Å². The Balaban J connectivity index is 0.884. The number of nitrogens with zero attached hydrogens (tertiary/aromatic N) is 1. The van der Waals surface area contributed by atoms with Crippen molar-refractivity contribution in [3.05, 3.63) is 247 Å². The first-order chi connectivity index (χ1) is 32.7. The van der Waals surface area contributed by atoms with Gasteiger partial charge in [-0.3, -0.25) is 0 Å². The summed E-state index contributed by atoms with van der Waals surface area (Å²) in [5.74, 6) is 0. The van der Waals surface area contributed by atoms with Crippen molar-refractivity contribution in [2.45, 2.75) is 38.5 Å². The van der Waals surface area contributed by atoms with Crippen molar-refractivity contribution < 1.29 is 0 Å². The van der Waals surface area contributed by atoms with Gasteiger partial charge in [-0.2, -0.15) is 0 Å². The van der Waals surface area contributed by atoms with Gasteiger partial charge in [-0.1, -0.05) is 204 Å². The van der Waals surface area contributed by atoms with Crippen LogP contribution in [0.2, 0.25) is 0 Å². The summed E-state index contributed by atoms with van der Waals surface area (Å²) in [6, 6.07) is 83.8. The highest BCUT2D eigenvalue weighted by Gasteiger charge is 2.38. The quantitative estimate of drug-likeness (QED) is 0.151. The summed E-state index contributed by atoms with van der Waals surface area (Å²) in [5, 5.41) is 7.60. The Bertz CT molecular complexity index is 3790. The highest BCUT2D eigenvalue weighted by atomic mass is 15.1. The Kier molecular flexibility index (Phi) is 8.67. The van der Waals surface area contributed by atoms with Gasteiger partial charge in [0, 0.05) is 27.6 Å². The predicted octanol–water partition coefficient (Wildman–Crippen LogP) is 18.2. The lowest BCUT2D eigenvalue weighted by atomic mass is 9.81. The molecule has 0 atom stereocenters. The third-order valence-corrected chi connectivity index (χ3v) is 15.2. The number of fused-ring (bicyclic) bond motifs is 10. The molecular formula is C66H49N. The minimum absolute atomic E-state index is 0.180. The molecule has 0 spiro atoms. The molecule has 13 rings (SSSR count). The second kappa shape index (κ2) is 14.8. The molecule has 0 bridgehead atoms. The van der Waals surface area contributed by atoms with E-state index in [-0.39, 0.29) is 10.8 Å². The molecule has 0 aromatic heterocycles. The normalized spacial score (nSPS) is 13.9. The van der Waals surface area contributed by atoms with Crippen molar-refractivity contribution in [2.24, 2.45) is 0 Å². The Morgan fingerprint density at radius 3 is 1.31 bits per heavy atom. The van der Waals surface area contributed by atoms with Crippen molar-refractivity contribution >= 4 is 49.4 Å².